The molecule has 0 spiro atoms. The van der Waals surface area contributed by atoms with Gasteiger partial charge in [0.15, 0.2) is 0 Å². The zero-order valence-corrected chi connectivity index (χ0v) is 14.6. The number of benzene rings is 2. The Kier molecular flexibility index (Phi) is 5.16. The molecule has 144 valence electrons. The molecule has 0 aliphatic carbocycles. The second-order valence-electron chi connectivity index (χ2n) is 5.90. The molecule has 3 N–H and O–H groups in total. The van der Waals surface area contributed by atoms with Gasteiger partial charge in [-0.2, -0.15) is 18.2 Å². The van der Waals surface area contributed by atoms with E-state index in [-0.39, 0.29) is 17.2 Å². The molecule has 0 aliphatic rings. The number of alkyl halides is 3. The fourth-order valence-corrected chi connectivity index (χ4v) is 2.53. The Morgan fingerprint density at radius 3 is 2.46 bits per heavy atom. The van der Waals surface area contributed by atoms with Crippen LogP contribution in [0.2, 0.25) is 0 Å². The lowest BCUT2D eigenvalue weighted by Crippen LogP contribution is -2.10. The summed E-state index contributed by atoms with van der Waals surface area (Å²) >= 11 is 0. The number of rotatable bonds is 5. The van der Waals surface area contributed by atoms with Crippen LogP contribution in [0.4, 0.5) is 36.3 Å². The maximum absolute atomic E-state index is 13.2. The van der Waals surface area contributed by atoms with Crippen LogP contribution in [-0.2, 0) is 6.18 Å². The quantitative estimate of drug-likeness (QED) is 0.571. The summed E-state index contributed by atoms with van der Waals surface area (Å²) in [6, 6.07) is 12.7. The van der Waals surface area contributed by atoms with Gasteiger partial charge in [-0.05, 0) is 37.3 Å². The number of nitrogens with zero attached hydrogens (tertiary/aromatic N) is 2. The van der Waals surface area contributed by atoms with Crippen LogP contribution in [0.1, 0.15) is 21.6 Å². The molecule has 0 radical (unpaired) electrons. The van der Waals surface area contributed by atoms with E-state index < -0.39 is 17.7 Å². The van der Waals surface area contributed by atoms with Crippen LogP contribution in [0, 0.1) is 6.92 Å². The predicted octanol–water partition coefficient (Wildman–Crippen LogP) is 4.99. The standard InChI is InChI=1S/C19H15F3N4O2/c1-11-9-16(24-13-6-4-5-12(10-13)17(27)28)26-18(23-11)25-15-8-3-2-7-14(15)19(20,21)22/h2-10H,1H3,(H,27,28)(H2,23,24,25,26). The largest absolute Gasteiger partial charge is 0.478 e. The molecule has 3 rings (SSSR count). The highest BCUT2D eigenvalue weighted by Gasteiger charge is 2.33. The Bertz CT molecular complexity index is 1020. The molecule has 0 bridgehead atoms. The van der Waals surface area contributed by atoms with Gasteiger partial charge in [0.05, 0.1) is 16.8 Å². The molecule has 0 saturated heterocycles. The van der Waals surface area contributed by atoms with Crippen molar-refractivity contribution in [2.45, 2.75) is 13.1 Å². The first-order chi connectivity index (χ1) is 13.2. The van der Waals surface area contributed by atoms with Crippen molar-refractivity contribution in [3.8, 4) is 0 Å². The third-order valence-corrected chi connectivity index (χ3v) is 3.72. The Hall–Kier alpha value is -3.62. The molecule has 0 unspecified atom stereocenters. The first-order valence-corrected chi connectivity index (χ1v) is 8.12. The first kappa shape index (κ1) is 19.2. The molecule has 0 atom stereocenters. The average Bonchev–Trinajstić information content (AvgIpc) is 2.61. The van der Waals surface area contributed by atoms with Gasteiger partial charge < -0.3 is 15.7 Å². The smallest absolute Gasteiger partial charge is 0.418 e. The Morgan fingerprint density at radius 1 is 1.00 bits per heavy atom. The summed E-state index contributed by atoms with van der Waals surface area (Å²) < 4.78 is 39.5. The maximum Gasteiger partial charge on any atom is 0.418 e. The number of hydrogen-bond donors (Lipinski definition) is 3. The molecule has 0 aliphatic heterocycles. The number of aromatic nitrogens is 2. The minimum absolute atomic E-state index is 0.0198. The normalized spacial score (nSPS) is 11.1. The molecule has 2 aromatic carbocycles. The van der Waals surface area contributed by atoms with Crippen molar-refractivity contribution in [1.29, 1.82) is 0 Å². The van der Waals surface area contributed by atoms with Gasteiger partial charge in [-0.25, -0.2) is 9.78 Å². The number of para-hydroxylation sites is 1. The second-order valence-corrected chi connectivity index (χ2v) is 5.90. The Labute approximate surface area is 158 Å². The number of aryl methyl sites for hydroxylation is 1. The zero-order valence-electron chi connectivity index (χ0n) is 14.6. The van der Waals surface area contributed by atoms with Crippen molar-refractivity contribution >= 4 is 29.1 Å². The molecule has 6 nitrogen and oxygen atoms in total. The van der Waals surface area contributed by atoms with E-state index in [2.05, 4.69) is 20.6 Å². The van der Waals surface area contributed by atoms with E-state index in [0.717, 1.165) is 6.07 Å². The average molecular weight is 388 g/mol. The van der Waals surface area contributed by atoms with Crippen LogP contribution in [0.15, 0.2) is 54.6 Å². The molecule has 28 heavy (non-hydrogen) atoms. The number of aromatic carboxylic acids is 1. The summed E-state index contributed by atoms with van der Waals surface area (Å²) in [6.07, 6.45) is -4.52. The van der Waals surface area contributed by atoms with E-state index >= 15 is 0 Å². The zero-order chi connectivity index (χ0) is 20.3. The number of carboxylic acid groups (broad SMARTS) is 1. The predicted molar refractivity (Wildman–Crippen MR) is 98.2 cm³/mol. The van der Waals surface area contributed by atoms with E-state index in [0.29, 0.717) is 17.2 Å². The number of halogens is 3. The van der Waals surface area contributed by atoms with Gasteiger partial charge >= 0.3 is 12.1 Å². The van der Waals surface area contributed by atoms with Gasteiger partial charge in [-0.1, -0.05) is 18.2 Å². The molecule has 3 aromatic rings. The van der Waals surface area contributed by atoms with Crippen LogP contribution in [0.5, 0.6) is 0 Å². The van der Waals surface area contributed by atoms with Crippen molar-refractivity contribution in [3.05, 3.63) is 71.4 Å². The number of carboxylic acids is 1. The number of anilines is 4. The highest BCUT2D eigenvalue weighted by Crippen LogP contribution is 2.35. The number of nitrogens with one attached hydrogen (secondary N) is 2. The first-order valence-electron chi connectivity index (χ1n) is 8.12. The maximum atomic E-state index is 13.2. The van der Waals surface area contributed by atoms with E-state index in [1.165, 1.54) is 30.3 Å². The van der Waals surface area contributed by atoms with Crippen molar-refractivity contribution < 1.29 is 23.1 Å². The highest BCUT2D eigenvalue weighted by molar-refractivity contribution is 5.89. The monoisotopic (exact) mass is 388 g/mol. The summed E-state index contributed by atoms with van der Waals surface area (Å²) in [5.74, 6) is -0.788. The lowest BCUT2D eigenvalue weighted by atomic mass is 10.1. The van der Waals surface area contributed by atoms with Crippen LogP contribution in [-0.4, -0.2) is 21.0 Å². The van der Waals surface area contributed by atoms with Crippen molar-refractivity contribution in [1.82, 2.24) is 9.97 Å². The minimum atomic E-state index is -4.52. The summed E-state index contributed by atoms with van der Waals surface area (Å²) in [7, 11) is 0. The third kappa shape index (κ3) is 4.56. The molecular weight excluding hydrogens is 373 g/mol. The summed E-state index contributed by atoms with van der Waals surface area (Å²) in [4.78, 5) is 19.4. The van der Waals surface area contributed by atoms with Gasteiger partial charge in [0.2, 0.25) is 5.95 Å². The lowest BCUT2D eigenvalue weighted by Gasteiger charge is -2.14. The highest BCUT2D eigenvalue weighted by atomic mass is 19.4. The van der Waals surface area contributed by atoms with Crippen LogP contribution < -0.4 is 10.6 Å². The molecule has 1 heterocycles. The van der Waals surface area contributed by atoms with Crippen LogP contribution >= 0.6 is 0 Å². The van der Waals surface area contributed by atoms with E-state index in [4.69, 9.17) is 5.11 Å². The van der Waals surface area contributed by atoms with Gasteiger partial charge in [0.1, 0.15) is 5.82 Å². The molecule has 0 saturated carbocycles. The van der Waals surface area contributed by atoms with E-state index in [9.17, 15) is 18.0 Å². The van der Waals surface area contributed by atoms with E-state index in [1.54, 1.807) is 25.1 Å². The molecule has 1 aromatic heterocycles. The summed E-state index contributed by atoms with van der Waals surface area (Å²) in [6.45, 7) is 1.67. The van der Waals surface area contributed by atoms with Crippen molar-refractivity contribution in [3.63, 3.8) is 0 Å². The number of carbonyl (C=O) groups is 1. The summed E-state index contributed by atoms with van der Waals surface area (Å²) in [5.41, 5.74) is 0.0787. The minimum Gasteiger partial charge on any atom is -0.478 e. The Balaban J connectivity index is 1.89. The van der Waals surface area contributed by atoms with Gasteiger partial charge in [0.25, 0.3) is 0 Å². The SMILES string of the molecule is Cc1cc(Nc2cccc(C(=O)O)c2)nc(Nc2ccccc2C(F)(F)F)n1. The summed E-state index contributed by atoms with van der Waals surface area (Å²) in [5, 5.41) is 14.6. The van der Waals surface area contributed by atoms with Gasteiger partial charge in [0, 0.05) is 17.4 Å². The fourth-order valence-electron chi connectivity index (χ4n) is 2.53. The molecule has 0 fully saturated rings. The lowest BCUT2D eigenvalue weighted by molar-refractivity contribution is -0.136. The van der Waals surface area contributed by atoms with Gasteiger partial charge in [-0.3, -0.25) is 0 Å². The van der Waals surface area contributed by atoms with Gasteiger partial charge in [-0.15, -0.1) is 0 Å². The van der Waals surface area contributed by atoms with Crippen LogP contribution in [0.25, 0.3) is 0 Å². The van der Waals surface area contributed by atoms with Crippen molar-refractivity contribution in [2.24, 2.45) is 0 Å². The molecule has 9 heteroatoms. The fraction of sp³-hybridized carbons (Fsp3) is 0.105. The number of hydrogen-bond acceptors (Lipinski definition) is 5. The van der Waals surface area contributed by atoms with Crippen LogP contribution in [0.3, 0.4) is 0 Å². The Morgan fingerprint density at radius 2 is 1.75 bits per heavy atom. The van der Waals surface area contributed by atoms with Crippen molar-refractivity contribution in [2.75, 3.05) is 10.6 Å². The second kappa shape index (κ2) is 7.55. The van der Waals surface area contributed by atoms with E-state index in [1.807, 2.05) is 0 Å². The molecular formula is C19H15F3N4O2. The third-order valence-electron chi connectivity index (χ3n) is 3.72. The topological polar surface area (TPSA) is 87.1 Å². The molecule has 0 amide bonds.